The molecule has 0 heterocycles. The van der Waals surface area contributed by atoms with Gasteiger partial charge in [0.25, 0.3) is 0 Å². The zero-order chi connectivity index (χ0) is 13.9. The van der Waals surface area contributed by atoms with Crippen molar-refractivity contribution in [2.24, 2.45) is 5.92 Å². The van der Waals surface area contributed by atoms with Crippen molar-refractivity contribution in [2.45, 2.75) is 17.6 Å². The van der Waals surface area contributed by atoms with Gasteiger partial charge in [-0.3, -0.25) is 0 Å². The van der Waals surface area contributed by atoms with Crippen molar-refractivity contribution >= 4 is 0 Å². The Morgan fingerprint density at radius 2 is 1.40 bits per heavy atom. The molecule has 0 saturated carbocycles. The van der Waals surface area contributed by atoms with Crippen LogP contribution in [0.5, 0.6) is 0 Å². The second-order valence-corrected chi connectivity index (χ2v) is 5.70. The lowest BCUT2D eigenvalue weighted by molar-refractivity contribution is -0.0978. The molecule has 3 aliphatic rings. The lowest BCUT2D eigenvalue weighted by atomic mass is 9.55. The van der Waals surface area contributed by atoms with E-state index in [2.05, 4.69) is 0 Å². The van der Waals surface area contributed by atoms with Gasteiger partial charge in [0.15, 0.2) is 0 Å². The molecule has 0 fully saturated rings. The van der Waals surface area contributed by atoms with Crippen LogP contribution in [0, 0.1) is 5.92 Å². The van der Waals surface area contributed by atoms with Gasteiger partial charge in [0, 0.05) is 11.8 Å². The molecule has 2 bridgehead atoms. The second kappa shape index (κ2) is 3.92. The lowest BCUT2D eigenvalue weighted by Crippen LogP contribution is -2.56. The minimum atomic E-state index is -1.31. The third kappa shape index (κ3) is 1.21. The minimum Gasteiger partial charge on any atom is -0.396 e. The summed E-state index contributed by atoms with van der Waals surface area (Å²) in [7, 11) is 0. The summed E-state index contributed by atoms with van der Waals surface area (Å²) in [5, 5.41) is 31.6. The highest BCUT2D eigenvalue weighted by molar-refractivity contribution is 5.59. The van der Waals surface area contributed by atoms with E-state index in [1.165, 1.54) is 0 Å². The van der Waals surface area contributed by atoms with Gasteiger partial charge in [0.1, 0.15) is 5.60 Å². The highest BCUT2D eigenvalue weighted by atomic mass is 16.3. The van der Waals surface area contributed by atoms with Gasteiger partial charge < -0.3 is 15.3 Å². The highest BCUT2D eigenvalue weighted by Crippen LogP contribution is 2.57. The SMILES string of the molecule is OC[C@H]1[C@@H](O)C2c3ccccc3C1(O)c1ccccc12. The Morgan fingerprint density at radius 3 is 1.90 bits per heavy atom. The predicted molar refractivity (Wildman–Crippen MR) is 74.3 cm³/mol. The van der Waals surface area contributed by atoms with Crippen LogP contribution in [0.2, 0.25) is 0 Å². The molecule has 0 saturated heterocycles. The first-order valence-corrected chi connectivity index (χ1v) is 6.89. The van der Waals surface area contributed by atoms with Gasteiger partial charge in [-0.25, -0.2) is 0 Å². The van der Waals surface area contributed by atoms with Crippen LogP contribution in [0.25, 0.3) is 0 Å². The smallest absolute Gasteiger partial charge is 0.123 e. The zero-order valence-electron chi connectivity index (χ0n) is 10.9. The maximum Gasteiger partial charge on any atom is 0.123 e. The van der Waals surface area contributed by atoms with Gasteiger partial charge in [0.05, 0.1) is 12.7 Å². The van der Waals surface area contributed by atoms with Gasteiger partial charge in [0.2, 0.25) is 0 Å². The van der Waals surface area contributed by atoms with Crippen molar-refractivity contribution in [1.29, 1.82) is 0 Å². The average Bonchev–Trinajstić information content (AvgIpc) is 2.48. The van der Waals surface area contributed by atoms with Crippen LogP contribution < -0.4 is 0 Å². The maximum atomic E-state index is 11.3. The summed E-state index contributed by atoms with van der Waals surface area (Å²) < 4.78 is 0. The van der Waals surface area contributed by atoms with Crippen LogP contribution in [0.1, 0.15) is 28.2 Å². The van der Waals surface area contributed by atoms with E-state index in [-0.39, 0.29) is 12.5 Å². The topological polar surface area (TPSA) is 60.7 Å². The van der Waals surface area contributed by atoms with Crippen LogP contribution in [0.3, 0.4) is 0 Å². The fourth-order valence-corrected chi connectivity index (χ4v) is 4.03. The summed E-state index contributed by atoms with van der Waals surface area (Å²) in [6, 6.07) is 15.3. The Balaban J connectivity index is 2.11. The number of hydrogen-bond donors (Lipinski definition) is 3. The van der Waals surface area contributed by atoms with E-state index >= 15 is 0 Å². The number of aliphatic hydroxyl groups is 3. The third-order valence-corrected chi connectivity index (χ3v) is 4.90. The maximum absolute atomic E-state index is 11.3. The Bertz CT molecular complexity index is 632. The van der Waals surface area contributed by atoms with Crippen LogP contribution in [0.4, 0.5) is 0 Å². The molecule has 2 aromatic carbocycles. The van der Waals surface area contributed by atoms with Gasteiger partial charge in [-0.05, 0) is 22.3 Å². The van der Waals surface area contributed by atoms with Crippen molar-refractivity contribution in [3.63, 3.8) is 0 Å². The fourth-order valence-electron chi connectivity index (χ4n) is 4.03. The van der Waals surface area contributed by atoms with Crippen molar-refractivity contribution in [3.8, 4) is 0 Å². The first kappa shape index (κ1) is 12.1. The molecule has 0 amide bonds. The minimum absolute atomic E-state index is 0.173. The quantitative estimate of drug-likeness (QED) is 0.731. The highest BCUT2D eigenvalue weighted by Gasteiger charge is 2.57. The molecule has 3 nitrogen and oxygen atoms in total. The summed E-state index contributed by atoms with van der Waals surface area (Å²) in [5.41, 5.74) is 2.24. The lowest BCUT2D eigenvalue weighted by Gasteiger charge is -2.53. The molecule has 3 N–H and O–H groups in total. The van der Waals surface area contributed by atoms with Crippen molar-refractivity contribution in [2.75, 3.05) is 6.61 Å². The summed E-state index contributed by atoms with van der Waals surface area (Å²) in [4.78, 5) is 0. The van der Waals surface area contributed by atoms with Gasteiger partial charge >= 0.3 is 0 Å². The van der Waals surface area contributed by atoms with Crippen molar-refractivity contribution in [1.82, 2.24) is 0 Å². The Labute approximate surface area is 117 Å². The second-order valence-electron chi connectivity index (χ2n) is 5.70. The van der Waals surface area contributed by atoms with Crippen LogP contribution >= 0.6 is 0 Å². The molecule has 20 heavy (non-hydrogen) atoms. The predicted octanol–water partition coefficient (Wildman–Crippen LogP) is 1.35. The number of rotatable bonds is 1. The molecular formula is C17H16O3. The molecule has 3 aliphatic carbocycles. The molecule has 2 atom stereocenters. The first-order chi connectivity index (χ1) is 9.69. The van der Waals surface area contributed by atoms with E-state index in [1.54, 1.807) is 0 Å². The molecule has 0 aromatic heterocycles. The molecule has 2 aromatic rings. The summed E-state index contributed by atoms with van der Waals surface area (Å²) in [6.45, 7) is -0.239. The largest absolute Gasteiger partial charge is 0.396 e. The van der Waals surface area contributed by atoms with Crippen LogP contribution in [0.15, 0.2) is 48.5 Å². The van der Waals surface area contributed by atoms with E-state index in [0.717, 1.165) is 22.3 Å². The van der Waals surface area contributed by atoms with E-state index in [9.17, 15) is 15.3 Å². The average molecular weight is 268 g/mol. The van der Waals surface area contributed by atoms with Crippen molar-refractivity contribution in [3.05, 3.63) is 70.8 Å². The van der Waals surface area contributed by atoms with Gasteiger partial charge in [-0.2, -0.15) is 0 Å². The number of aliphatic hydroxyl groups excluding tert-OH is 2. The van der Waals surface area contributed by atoms with Crippen molar-refractivity contribution < 1.29 is 15.3 Å². The Hall–Kier alpha value is -1.68. The van der Waals surface area contributed by atoms with E-state index in [4.69, 9.17) is 0 Å². The molecule has 3 heteroatoms. The van der Waals surface area contributed by atoms with E-state index < -0.39 is 17.6 Å². The van der Waals surface area contributed by atoms with Gasteiger partial charge in [-0.15, -0.1) is 0 Å². The van der Waals surface area contributed by atoms with Gasteiger partial charge in [-0.1, -0.05) is 48.5 Å². The summed E-state index contributed by atoms with van der Waals surface area (Å²) in [5.74, 6) is -0.758. The number of benzene rings is 2. The molecule has 0 spiro atoms. The van der Waals surface area contributed by atoms with Crippen LogP contribution in [-0.4, -0.2) is 28.0 Å². The summed E-state index contributed by atoms with van der Waals surface area (Å²) >= 11 is 0. The zero-order valence-corrected chi connectivity index (χ0v) is 10.9. The van der Waals surface area contributed by atoms with E-state index in [0.29, 0.717) is 0 Å². The third-order valence-electron chi connectivity index (χ3n) is 4.90. The Kier molecular flexibility index (Phi) is 2.37. The van der Waals surface area contributed by atoms with Crippen LogP contribution in [-0.2, 0) is 5.60 Å². The first-order valence-electron chi connectivity index (χ1n) is 6.89. The number of fused-ring (bicyclic) bond motifs is 1. The molecule has 0 unspecified atom stereocenters. The Morgan fingerprint density at radius 1 is 0.900 bits per heavy atom. The molecule has 0 aliphatic heterocycles. The normalized spacial score (nSPS) is 33.6. The number of hydrogen-bond acceptors (Lipinski definition) is 3. The monoisotopic (exact) mass is 268 g/mol. The molecule has 5 rings (SSSR count). The van der Waals surface area contributed by atoms with E-state index in [1.807, 2.05) is 48.5 Å². The fraction of sp³-hybridized carbons (Fsp3) is 0.294. The molecular weight excluding hydrogens is 252 g/mol. The standard InChI is InChI=1S/C17H16O3/c18-9-14-16(19)15-10-5-1-3-7-12(10)17(14,20)13-8-4-2-6-11(13)15/h1-8,14-16,18-20H,9H2/t14-,15?,16+,17?/m0/s1. The summed E-state index contributed by atoms with van der Waals surface area (Å²) in [6.07, 6.45) is -0.769. The molecule has 0 radical (unpaired) electrons. The molecule has 102 valence electrons.